The molecule has 1 aliphatic heterocycles. The van der Waals surface area contributed by atoms with Gasteiger partial charge < -0.3 is 9.47 Å². The zero-order valence-electron chi connectivity index (χ0n) is 11.8. The fourth-order valence-electron chi connectivity index (χ4n) is 3.29. The Kier molecular flexibility index (Phi) is 4.97. The Morgan fingerprint density at radius 1 is 1.30 bits per heavy atom. The number of ether oxygens (including phenoxy) is 2. The zero-order chi connectivity index (χ0) is 13.8. The van der Waals surface area contributed by atoms with E-state index in [2.05, 4.69) is 20.8 Å². The van der Waals surface area contributed by atoms with E-state index in [9.17, 15) is 0 Å². The second-order valence-corrected chi connectivity index (χ2v) is 6.52. The fraction of sp³-hybridized carbons (Fsp3) is 0.625. The summed E-state index contributed by atoms with van der Waals surface area (Å²) in [5.74, 6) is 0.938. The number of morpholine rings is 1. The van der Waals surface area contributed by atoms with Gasteiger partial charge in [0.15, 0.2) is 0 Å². The summed E-state index contributed by atoms with van der Waals surface area (Å²) in [7, 11) is 0. The molecule has 4 heteroatoms. The predicted octanol–water partition coefficient (Wildman–Crippen LogP) is 3.47. The van der Waals surface area contributed by atoms with Crippen molar-refractivity contribution < 1.29 is 9.47 Å². The molecular weight excluding hydrogens is 318 g/mol. The van der Waals surface area contributed by atoms with Crippen LogP contribution < -0.4 is 4.74 Å². The van der Waals surface area contributed by atoms with Crippen LogP contribution in [-0.4, -0.2) is 43.3 Å². The lowest BCUT2D eigenvalue weighted by Crippen LogP contribution is -2.53. The van der Waals surface area contributed by atoms with Crippen molar-refractivity contribution in [2.24, 2.45) is 0 Å². The fourth-order valence-corrected chi connectivity index (χ4v) is 3.67. The van der Waals surface area contributed by atoms with E-state index in [4.69, 9.17) is 9.47 Å². The van der Waals surface area contributed by atoms with Crippen LogP contribution in [-0.2, 0) is 4.74 Å². The third-order valence-corrected chi connectivity index (χ3v) is 4.78. The maximum Gasteiger partial charge on any atom is 0.120 e. The van der Waals surface area contributed by atoms with E-state index < -0.39 is 0 Å². The van der Waals surface area contributed by atoms with Gasteiger partial charge >= 0.3 is 0 Å². The number of halogens is 1. The maximum absolute atomic E-state index is 5.90. The van der Waals surface area contributed by atoms with Gasteiger partial charge in [-0.25, -0.2) is 0 Å². The number of fused-ring (bicyclic) bond motifs is 1. The SMILES string of the molecule is Brc1cccc(OCCN2CCOC3CCCCC32)c1. The van der Waals surface area contributed by atoms with Crippen molar-refractivity contribution in [2.45, 2.75) is 37.8 Å². The first-order chi connectivity index (χ1) is 9.83. The summed E-state index contributed by atoms with van der Waals surface area (Å²) in [6, 6.07) is 8.66. The molecule has 1 saturated heterocycles. The van der Waals surface area contributed by atoms with Gasteiger partial charge in [-0.3, -0.25) is 4.90 Å². The molecule has 20 heavy (non-hydrogen) atoms. The molecule has 2 fully saturated rings. The highest BCUT2D eigenvalue weighted by Crippen LogP contribution is 2.28. The van der Waals surface area contributed by atoms with Crippen molar-refractivity contribution in [3.63, 3.8) is 0 Å². The molecule has 1 aromatic rings. The molecule has 1 heterocycles. The van der Waals surface area contributed by atoms with Gasteiger partial charge in [0.25, 0.3) is 0 Å². The van der Waals surface area contributed by atoms with Crippen molar-refractivity contribution in [2.75, 3.05) is 26.3 Å². The van der Waals surface area contributed by atoms with Crippen LogP contribution in [0.25, 0.3) is 0 Å². The third kappa shape index (κ3) is 3.54. The Morgan fingerprint density at radius 3 is 3.10 bits per heavy atom. The van der Waals surface area contributed by atoms with E-state index in [1.807, 2.05) is 24.3 Å². The van der Waals surface area contributed by atoms with Crippen molar-refractivity contribution >= 4 is 15.9 Å². The normalized spacial score (nSPS) is 27.1. The minimum Gasteiger partial charge on any atom is -0.492 e. The van der Waals surface area contributed by atoms with Crippen LogP contribution in [0.5, 0.6) is 5.75 Å². The van der Waals surface area contributed by atoms with Crippen LogP contribution in [0.3, 0.4) is 0 Å². The second-order valence-electron chi connectivity index (χ2n) is 5.60. The Morgan fingerprint density at radius 2 is 2.20 bits per heavy atom. The average Bonchev–Trinajstić information content (AvgIpc) is 2.48. The van der Waals surface area contributed by atoms with Gasteiger partial charge in [-0.15, -0.1) is 0 Å². The van der Waals surface area contributed by atoms with Gasteiger partial charge in [-0.2, -0.15) is 0 Å². The molecule has 1 aromatic carbocycles. The Balaban J connectivity index is 1.50. The lowest BCUT2D eigenvalue weighted by Gasteiger charge is -2.43. The number of nitrogens with zero attached hydrogens (tertiary/aromatic N) is 1. The van der Waals surface area contributed by atoms with Crippen molar-refractivity contribution in [1.82, 2.24) is 4.90 Å². The predicted molar refractivity (Wildman–Crippen MR) is 83.2 cm³/mol. The molecule has 0 aromatic heterocycles. The van der Waals surface area contributed by atoms with E-state index in [1.54, 1.807) is 0 Å². The first kappa shape index (κ1) is 14.4. The van der Waals surface area contributed by atoms with E-state index in [1.165, 1.54) is 25.7 Å². The topological polar surface area (TPSA) is 21.7 Å². The highest BCUT2D eigenvalue weighted by atomic mass is 79.9. The Labute approximate surface area is 129 Å². The summed E-state index contributed by atoms with van der Waals surface area (Å²) in [5, 5.41) is 0. The molecule has 3 nitrogen and oxygen atoms in total. The third-order valence-electron chi connectivity index (χ3n) is 4.29. The smallest absolute Gasteiger partial charge is 0.120 e. The summed E-state index contributed by atoms with van der Waals surface area (Å²) in [6.07, 6.45) is 5.63. The molecule has 1 aliphatic carbocycles. The summed E-state index contributed by atoms with van der Waals surface area (Å²) in [6.45, 7) is 3.66. The van der Waals surface area contributed by atoms with Crippen molar-refractivity contribution in [3.05, 3.63) is 28.7 Å². The van der Waals surface area contributed by atoms with Gasteiger partial charge in [0.2, 0.25) is 0 Å². The van der Waals surface area contributed by atoms with Crippen LogP contribution in [0, 0.1) is 0 Å². The van der Waals surface area contributed by atoms with Gasteiger partial charge in [-0.1, -0.05) is 34.8 Å². The largest absolute Gasteiger partial charge is 0.492 e. The van der Waals surface area contributed by atoms with Crippen LogP contribution >= 0.6 is 15.9 Å². The molecule has 2 unspecified atom stereocenters. The summed E-state index contributed by atoms with van der Waals surface area (Å²) < 4.78 is 12.8. The molecule has 0 radical (unpaired) electrons. The van der Waals surface area contributed by atoms with Gasteiger partial charge in [0.05, 0.1) is 12.7 Å². The molecular formula is C16H22BrNO2. The molecule has 0 N–H and O–H groups in total. The highest BCUT2D eigenvalue weighted by Gasteiger charge is 2.33. The molecule has 0 bridgehead atoms. The Hall–Kier alpha value is -0.580. The summed E-state index contributed by atoms with van der Waals surface area (Å²) >= 11 is 3.47. The van der Waals surface area contributed by atoms with Gasteiger partial charge in [0.1, 0.15) is 12.4 Å². The molecule has 110 valence electrons. The first-order valence-electron chi connectivity index (χ1n) is 7.57. The second kappa shape index (κ2) is 6.92. The standard InChI is InChI=1S/C16H22BrNO2/c17-13-4-3-5-14(12-13)19-10-8-18-9-11-20-16-7-2-1-6-15(16)18/h3-5,12,15-16H,1-2,6-11H2. The number of hydrogen-bond donors (Lipinski definition) is 0. The van der Waals surface area contributed by atoms with Crippen LogP contribution in [0.1, 0.15) is 25.7 Å². The van der Waals surface area contributed by atoms with Crippen LogP contribution in [0.2, 0.25) is 0 Å². The molecule has 0 spiro atoms. The van der Waals surface area contributed by atoms with Crippen LogP contribution in [0.4, 0.5) is 0 Å². The molecule has 2 atom stereocenters. The van der Waals surface area contributed by atoms with Gasteiger partial charge in [0, 0.05) is 23.6 Å². The van der Waals surface area contributed by atoms with E-state index in [-0.39, 0.29) is 0 Å². The van der Waals surface area contributed by atoms with Gasteiger partial charge in [-0.05, 0) is 31.0 Å². The average molecular weight is 340 g/mol. The monoisotopic (exact) mass is 339 g/mol. The van der Waals surface area contributed by atoms with E-state index in [0.717, 1.165) is 36.5 Å². The molecule has 0 amide bonds. The number of hydrogen-bond acceptors (Lipinski definition) is 3. The number of benzene rings is 1. The van der Waals surface area contributed by atoms with Crippen molar-refractivity contribution in [3.8, 4) is 5.75 Å². The first-order valence-corrected chi connectivity index (χ1v) is 8.36. The molecule has 2 aliphatic rings. The van der Waals surface area contributed by atoms with Crippen molar-refractivity contribution in [1.29, 1.82) is 0 Å². The lowest BCUT2D eigenvalue weighted by atomic mass is 9.90. The number of rotatable bonds is 4. The Bertz CT molecular complexity index is 438. The van der Waals surface area contributed by atoms with Crippen LogP contribution in [0.15, 0.2) is 28.7 Å². The minimum atomic E-state index is 0.461. The lowest BCUT2D eigenvalue weighted by molar-refractivity contribution is -0.0901. The highest BCUT2D eigenvalue weighted by molar-refractivity contribution is 9.10. The van der Waals surface area contributed by atoms with E-state index in [0.29, 0.717) is 12.1 Å². The summed E-state index contributed by atoms with van der Waals surface area (Å²) in [5.41, 5.74) is 0. The van der Waals surface area contributed by atoms with E-state index >= 15 is 0 Å². The quantitative estimate of drug-likeness (QED) is 0.838. The molecule has 1 saturated carbocycles. The zero-order valence-corrected chi connectivity index (χ0v) is 13.3. The minimum absolute atomic E-state index is 0.461. The summed E-state index contributed by atoms with van der Waals surface area (Å²) in [4.78, 5) is 2.56. The molecule has 3 rings (SSSR count). The maximum atomic E-state index is 5.90.